The zero-order valence-electron chi connectivity index (χ0n) is 22.8. The van der Waals surface area contributed by atoms with Gasteiger partial charge < -0.3 is 25.0 Å². The summed E-state index contributed by atoms with van der Waals surface area (Å²) in [6.07, 6.45) is 3.32. The molecule has 4 rings (SSSR count). The molecule has 1 fully saturated rings. The van der Waals surface area contributed by atoms with Crippen molar-refractivity contribution >= 4 is 40.3 Å². The summed E-state index contributed by atoms with van der Waals surface area (Å²) in [6.45, 7) is 7.15. The van der Waals surface area contributed by atoms with Crippen LogP contribution in [0.5, 0.6) is 0 Å². The number of carboxylic acids is 1. The fourth-order valence-electron chi connectivity index (χ4n) is 5.08. The number of benzene rings is 1. The van der Waals surface area contributed by atoms with Gasteiger partial charge in [-0.15, -0.1) is 0 Å². The Balaban J connectivity index is 1.84. The molecular weight excluding hydrogens is 539 g/mol. The van der Waals surface area contributed by atoms with Crippen molar-refractivity contribution in [3.63, 3.8) is 0 Å². The second-order valence-corrected chi connectivity index (χ2v) is 11.6. The quantitative estimate of drug-likeness (QED) is 0.306. The Morgan fingerprint density at radius 2 is 2.00 bits per heavy atom. The molecule has 0 bridgehead atoms. The van der Waals surface area contributed by atoms with Crippen molar-refractivity contribution in [2.24, 2.45) is 5.41 Å². The van der Waals surface area contributed by atoms with Crippen LogP contribution in [0.2, 0.25) is 5.02 Å². The number of anilines is 1. The Kier molecular flexibility index (Phi) is 8.80. The predicted octanol–water partition coefficient (Wildman–Crippen LogP) is 4.48. The number of halogens is 2. The summed E-state index contributed by atoms with van der Waals surface area (Å²) >= 11 is 6.01. The van der Waals surface area contributed by atoms with Crippen LogP contribution >= 0.6 is 11.6 Å². The standard InChI is InChI=1S/C29H34ClFN4O5/c1-29(2,3)22(16-36)35-15-20(28(39)40)25(38)19-14-18(13-17-7-4-8-21(30)24(17)31)26(33-27(19)35)32-10-6-12-34-11-5-9-23(34)37/h4,7-8,14-15,22,36H,5-6,9-13,16H2,1-3H3,(H,32,33)(H,39,40)/t22-/m1/s1. The number of nitrogens with one attached hydrogen (secondary N) is 1. The average molecular weight is 573 g/mol. The Bertz CT molecular complexity index is 1500. The van der Waals surface area contributed by atoms with Crippen molar-refractivity contribution < 1.29 is 24.2 Å². The number of pyridine rings is 2. The summed E-state index contributed by atoms with van der Waals surface area (Å²) in [4.78, 5) is 43.9. The highest BCUT2D eigenvalue weighted by molar-refractivity contribution is 6.30. The van der Waals surface area contributed by atoms with E-state index in [9.17, 15) is 29.0 Å². The molecule has 0 spiro atoms. The maximum atomic E-state index is 14.9. The fourth-order valence-corrected chi connectivity index (χ4v) is 5.27. The highest BCUT2D eigenvalue weighted by atomic mass is 35.5. The SMILES string of the molecule is CC(C)(C)[C@@H](CO)n1cc(C(=O)O)c(=O)c2cc(Cc3cccc(Cl)c3F)c(NCCCN3CCCC3=O)nc21. The number of aromatic carboxylic acids is 1. The van der Waals surface area contributed by atoms with Crippen LogP contribution in [-0.4, -0.2) is 62.8 Å². The molecule has 0 radical (unpaired) electrons. The van der Waals surface area contributed by atoms with Crippen LogP contribution in [0.15, 0.2) is 35.3 Å². The van der Waals surface area contributed by atoms with Gasteiger partial charge in [-0.3, -0.25) is 9.59 Å². The Morgan fingerprint density at radius 3 is 2.62 bits per heavy atom. The van der Waals surface area contributed by atoms with Crippen molar-refractivity contribution in [2.45, 2.75) is 52.5 Å². The van der Waals surface area contributed by atoms with Crippen molar-refractivity contribution in [3.8, 4) is 0 Å². The van der Waals surface area contributed by atoms with Gasteiger partial charge in [-0.25, -0.2) is 14.2 Å². The van der Waals surface area contributed by atoms with Crippen LogP contribution in [0.1, 0.15) is 67.6 Å². The number of carbonyl (C=O) groups is 2. The summed E-state index contributed by atoms with van der Waals surface area (Å²) in [5.41, 5.74) is -0.703. The number of carbonyl (C=O) groups excluding carboxylic acids is 1. The Morgan fingerprint density at radius 1 is 1.25 bits per heavy atom. The molecule has 0 saturated carbocycles. The predicted molar refractivity (Wildman–Crippen MR) is 152 cm³/mol. The molecular formula is C29H34ClFN4O5. The van der Waals surface area contributed by atoms with Gasteiger partial charge in [-0.1, -0.05) is 44.5 Å². The maximum Gasteiger partial charge on any atom is 0.341 e. The molecule has 1 atom stereocenters. The number of aliphatic hydroxyl groups excluding tert-OH is 1. The molecule has 3 N–H and O–H groups in total. The number of aliphatic hydroxyl groups is 1. The van der Waals surface area contributed by atoms with Crippen molar-refractivity contribution in [1.82, 2.24) is 14.5 Å². The molecule has 40 heavy (non-hydrogen) atoms. The number of likely N-dealkylation sites (tertiary alicyclic amines) is 1. The third-order valence-electron chi connectivity index (χ3n) is 7.30. The monoisotopic (exact) mass is 572 g/mol. The van der Waals surface area contributed by atoms with Gasteiger partial charge in [0.25, 0.3) is 0 Å². The van der Waals surface area contributed by atoms with E-state index < -0.39 is 34.2 Å². The van der Waals surface area contributed by atoms with E-state index in [-0.39, 0.29) is 40.6 Å². The van der Waals surface area contributed by atoms with Gasteiger partial charge in [0, 0.05) is 38.7 Å². The number of carboxylic acid groups (broad SMARTS) is 1. The van der Waals surface area contributed by atoms with Gasteiger partial charge in [0.2, 0.25) is 11.3 Å². The van der Waals surface area contributed by atoms with E-state index in [1.807, 2.05) is 25.7 Å². The van der Waals surface area contributed by atoms with Gasteiger partial charge in [-0.2, -0.15) is 0 Å². The average Bonchev–Trinajstić information content (AvgIpc) is 3.30. The first-order valence-corrected chi connectivity index (χ1v) is 13.7. The number of fused-ring (bicyclic) bond motifs is 1. The molecule has 1 amide bonds. The minimum atomic E-state index is -1.40. The molecule has 214 valence electrons. The first kappa shape index (κ1) is 29.5. The lowest BCUT2D eigenvalue weighted by Crippen LogP contribution is -2.31. The van der Waals surface area contributed by atoms with Crippen molar-refractivity contribution in [2.75, 3.05) is 31.6 Å². The second kappa shape index (κ2) is 11.9. The summed E-state index contributed by atoms with van der Waals surface area (Å²) < 4.78 is 16.4. The van der Waals surface area contributed by atoms with Crippen molar-refractivity contribution in [3.05, 3.63) is 68.2 Å². The van der Waals surface area contributed by atoms with E-state index in [0.717, 1.165) is 13.0 Å². The van der Waals surface area contributed by atoms with Crippen LogP contribution in [0, 0.1) is 11.2 Å². The summed E-state index contributed by atoms with van der Waals surface area (Å²) in [5, 5.41) is 23.3. The van der Waals surface area contributed by atoms with Crippen LogP contribution in [0.4, 0.5) is 10.2 Å². The van der Waals surface area contributed by atoms with Gasteiger partial charge in [0.05, 0.1) is 23.1 Å². The normalized spacial score (nSPS) is 14.7. The zero-order valence-corrected chi connectivity index (χ0v) is 23.6. The molecule has 0 unspecified atom stereocenters. The maximum absolute atomic E-state index is 14.9. The van der Waals surface area contributed by atoms with E-state index >= 15 is 0 Å². The molecule has 3 aromatic rings. The summed E-state index contributed by atoms with van der Waals surface area (Å²) in [7, 11) is 0. The number of amides is 1. The number of nitrogens with zero attached hydrogens (tertiary/aromatic N) is 3. The molecule has 9 nitrogen and oxygen atoms in total. The first-order valence-electron chi connectivity index (χ1n) is 13.3. The molecule has 1 saturated heterocycles. The Hall–Kier alpha value is -3.50. The van der Waals surface area contributed by atoms with Gasteiger partial charge >= 0.3 is 5.97 Å². The van der Waals surface area contributed by atoms with E-state index in [2.05, 4.69) is 5.32 Å². The fraction of sp³-hybridized carbons (Fsp3) is 0.448. The van der Waals surface area contributed by atoms with E-state index in [1.165, 1.54) is 22.9 Å². The lowest BCUT2D eigenvalue weighted by molar-refractivity contribution is -0.127. The van der Waals surface area contributed by atoms with E-state index in [1.54, 1.807) is 12.1 Å². The Labute approximate surface area is 236 Å². The molecule has 3 heterocycles. The lowest BCUT2D eigenvalue weighted by atomic mass is 9.86. The van der Waals surface area contributed by atoms with Gasteiger partial charge in [0.1, 0.15) is 22.8 Å². The van der Waals surface area contributed by atoms with E-state index in [4.69, 9.17) is 16.6 Å². The number of aromatic nitrogens is 2. The van der Waals surface area contributed by atoms with Crippen LogP contribution in [0.25, 0.3) is 11.0 Å². The number of hydrogen-bond donors (Lipinski definition) is 3. The molecule has 2 aromatic heterocycles. The second-order valence-electron chi connectivity index (χ2n) is 11.2. The number of rotatable bonds is 10. The first-order chi connectivity index (χ1) is 18.9. The largest absolute Gasteiger partial charge is 0.477 e. The molecule has 11 heteroatoms. The van der Waals surface area contributed by atoms with Gasteiger partial charge in [0.15, 0.2) is 0 Å². The van der Waals surface area contributed by atoms with Crippen LogP contribution in [-0.2, 0) is 11.2 Å². The topological polar surface area (TPSA) is 125 Å². The molecule has 1 aromatic carbocycles. The minimum absolute atomic E-state index is 0.0393. The zero-order chi connectivity index (χ0) is 29.2. The smallest absolute Gasteiger partial charge is 0.341 e. The van der Waals surface area contributed by atoms with E-state index in [0.29, 0.717) is 37.3 Å². The highest BCUT2D eigenvalue weighted by Gasteiger charge is 2.29. The molecule has 1 aliphatic rings. The minimum Gasteiger partial charge on any atom is -0.477 e. The highest BCUT2D eigenvalue weighted by Crippen LogP contribution is 2.33. The lowest BCUT2D eigenvalue weighted by Gasteiger charge is -2.32. The number of hydrogen-bond acceptors (Lipinski definition) is 6. The third-order valence-corrected chi connectivity index (χ3v) is 7.60. The molecule has 1 aliphatic heterocycles. The molecule has 0 aliphatic carbocycles. The summed E-state index contributed by atoms with van der Waals surface area (Å²) in [5.74, 6) is -1.46. The van der Waals surface area contributed by atoms with Gasteiger partial charge in [-0.05, 0) is 41.5 Å². The third kappa shape index (κ3) is 6.13. The van der Waals surface area contributed by atoms with Crippen molar-refractivity contribution in [1.29, 1.82) is 0 Å². The van der Waals surface area contributed by atoms with Crippen LogP contribution in [0.3, 0.4) is 0 Å². The van der Waals surface area contributed by atoms with Crippen LogP contribution < -0.4 is 10.7 Å². The summed E-state index contributed by atoms with van der Waals surface area (Å²) in [6, 6.07) is 5.60.